The van der Waals surface area contributed by atoms with Gasteiger partial charge >= 0.3 is 0 Å². The van der Waals surface area contributed by atoms with Gasteiger partial charge in [0.15, 0.2) is 0 Å². The molecule has 0 radical (unpaired) electrons. The van der Waals surface area contributed by atoms with Crippen LogP contribution in [0.15, 0.2) is 24.3 Å². The van der Waals surface area contributed by atoms with Crippen molar-refractivity contribution >= 4 is 29.3 Å². The topological polar surface area (TPSA) is 82.2 Å². The average molecular weight is 465 g/mol. The minimum absolute atomic E-state index is 0.0141. The number of carbonyl (C=O) groups excluding carboxylic acids is 3. The molecule has 2 aliphatic rings. The van der Waals surface area contributed by atoms with Crippen LogP contribution in [0.5, 0.6) is 0 Å². The van der Waals surface area contributed by atoms with Crippen molar-refractivity contribution in [1.29, 1.82) is 0 Å². The van der Waals surface area contributed by atoms with Gasteiger partial charge in [0.2, 0.25) is 11.8 Å². The highest BCUT2D eigenvalue weighted by Crippen LogP contribution is 2.15. The maximum Gasteiger partial charge on any atom is 0.251 e. The molecule has 2 atom stereocenters. The van der Waals surface area contributed by atoms with Crippen molar-refractivity contribution in [1.82, 2.24) is 20.0 Å². The fourth-order valence-corrected chi connectivity index (χ4v) is 4.06. The molecule has 2 aliphatic heterocycles. The fourth-order valence-electron chi connectivity index (χ4n) is 3.93. The van der Waals surface area contributed by atoms with Gasteiger partial charge in [-0.3, -0.25) is 19.3 Å². The zero-order valence-electron chi connectivity index (χ0n) is 18.9. The van der Waals surface area contributed by atoms with E-state index in [0.29, 0.717) is 56.5 Å². The Labute approximate surface area is 194 Å². The van der Waals surface area contributed by atoms with Gasteiger partial charge in [-0.2, -0.15) is 0 Å². The van der Waals surface area contributed by atoms with Crippen molar-refractivity contribution in [2.45, 2.75) is 26.3 Å². The number of nitrogens with zero attached hydrogens (tertiary/aromatic N) is 3. The molecule has 2 unspecified atom stereocenters. The lowest BCUT2D eigenvalue weighted by Crippen LogP contribution is -2.58. The van der Waals surface area contributed by atoms with Gasteiger partial charge in [-0.15, -0.1) is 0 Å². The second-order valence-electron chi connectivity index (χ2n) is 8.44. The van der Waals surface area contributed by atoms with Crippen LogP contribution in [0.4, 0.5) is 0 Å². The van der Waals surface area contributed by atoms with E-state index >= 15 is 0 Å². The van der Waals surface area contributed by atoms with Crippen LogP contribution in [-0.4, -0.2) is 97.5 Å². The molecule has 176 valence electrons. The number of benzene rings is 1. The van der Waals surface area contributed by atoms with Crippen LogP contribution >= 0.6 is 11.6 Å². The Balaban J connectivity index is 1.55. The summed E-state index contributed by atoms with van der Waals surface area (Å²) in [5.41, 5.74) is 0.467. The van der Waals surface area contributed by atoms with Crippen molar-refractivity contribution < 1.29 is 19.1 Å². The van der Waals surface area contributed by atoms with E-state index in [4.69, 9.17) is 16.3 Å². The number of carbonyl (C=O) groups is 3. The summed E-state index contributed by atoms with van der Waals surface area (Å²) < 4.78 is 5.33. The van der Waals surface area contributed by atoms with Crippen LogP contribution in [0.2, 0.25) is 5.02 Å². The van der Waals surface area contributed by atoms with Crippen molar-refractivity contribution in [2.24, 2.45) is 5.92 Å². The molecule has 1 aromatic carbocycles. The smallest absolute Gasteiger partial charge is 0.251 e. The molecule has 0 bridgehead atoms. The van der Waals surface area contributed by atoms with E-state index in [0.717, 1.165) is 19.5 Å². The van der Waals surface area contributed by atoms with E-state index in [1.54, 1.807) is 29.2 Å². The monoisotopic (exact) mass is 464 g/mol. The van der Waals surface area contributed by atoms with Gasteiger partial charge in [0, 0.05) is 49.9 Å². The Morgan fingerprint density at radius 2 is 1.59 bits per heavy atom. The Morgan fingerprint density at radius 3 is 2.19 bits per heavy atom. The Bertz CT molecular complexity index is 790. The third kappa shape index (κ3) is 6.43. The first kappa shape index (κ1) is 24.5. The summed E-state index contributed by atoms with van der Waals surface area (Å²) in [6.45, 7) is 9.18. The van der Waals surface area contributed by atoms with Crippen LogP contribution in [-0.2, 0) is 14.3 Å². The summed E-state index contributed by atoms with van der Waals surface area (Å²) in [4.78, 5) is 44.3. The van der Waals surface area contributed by atoms with E-state index in [9.17, 15) is 14.4 Å². The van der Waals surface area contributed by atoms with E-state index in [1.165, 1.54) is 0 Å². The van der Waals surface area contributed by atoms with Gasteiger partial charge in [0.05, 0.1) is 19.8 Å². The number of halogens is 1. The SMILES string of the molecule is CCC(C)C(NC(=O)c1ccc(Cl)cc1)C(=O)N1CCN(C(=O)CN2CCOCC2)CC1. The Hall–Kier alpha value is -2.16. The average Bonchev–Trinajstić information content (AvgIpc) is 2.82. The summed E-state index contributed by atoms with van der Waals surface area (Å²) in [5.74, 6) is -0.310. The van der Waals surface area contributed by atoms with Crippen molar-refractivity contribution in [2.75, 3.05) is 59.0 Å². The quantitative estimate of drug-likeness (QED) is 0.661. The predicted molar refractivity (Wildman–Crippen MR) is 123 cm³/mol. The van der Waals surface area contributed by atoms with Crippen molar-refractivity contribution in [3.05, 3.63) is 34.9 Å². The highest BCUT2D eigenvalue weighted by Gasteiger charge is 2.33. The third-order valence-electron chi connectivity index (χ3n) is 6.28. The highest BCUT2D eigenvalue weighted by molar-refractivity contribution is 6.30. The molecule has 3 rings (SSSR count). The number of morpholine rings is 1. The molecule has 2 saturated heterocycles. The molecule has 0 spiro atoms. The summed E-state index contributed by atoms with van der Waals surface area (Å²) in [6, 6.07) is 6.00. The molecule has 2 heterocycles. The van der Waals surface area contributed by atoms with Gasteiger partial charge < -0.3 is 19.9 Å². The third-order valence-corrected chi connectivity index (χ3v) is 6.53. The molecule has 0 aliphatic carbocycles. The first-order valence-electron chi connectivity index (χ1n) is 11.3. The van der Waals surface area contributed by atoms with E-state index in [1.807, 2.05) is 18.7 Å². The van der Waals surface area contributed by atoms with Crippen LogP contribution in [0, 0.1) is 5.92 Å². The summed E-state index contributed by atoms with van der Waals surface area (Å²) in [5, 5.41) is 3.47. The zero-order valence-corrected chi connectivity index (χ0v) is 19.6. The van der Waals surface area contributed by atoms with Crippen LogP contribution in [0.1, 0.15) is 30.6 Å². The molecule has 0 saturated carbocycles. The van der Waals surface area contributed by atoms with Gasteiger partial charge in [-0.05, 0) is 30.2 Å². The molecule has 1 aromatic rings. The summed E-state index contributed by atoms with van der Waals surface area (Å²) >= 11 is 5.91. The van der Waals surface area contributed by atoms with Gasteiger partial charge in [0.1, 0.15) is 6.04 Å². The number of rotatable bonds is 7. The molecule has 3 amide bonds. The lowest BCUT2D eigenvalue weighted by atomic mass is 9.97. The lowest BCUT2D eigenvalue weighted by molar-refractivity contribution is -0.142. The molecule has 9 heteroatoms. The Kier molecular flexibility index (Phi) is 8.90. The maximum absolute atomic E-state index is 13.3. The van der Waals surface area contributed by atoms with E-state index in [2.05, 4.69) is 10.2 Å². The lowest BCUT2D eigenvalue weighted by Gasteiger charge is -2.38. The van der Waals surface area contributed by atoms with Gasteiger partial charge in [-0.1, -0.05) is 31.9 Å². The van der Waals surface area contributed by atoms with Crippen molar-refractivity contribution in [3.8, 4) is 0 Å². The van der Waals surface area contributed by atoms with Crippen molar-refractivity contribution in [3.63, 3.8) is 0 Å². The minimum atomic E-state index is -0.612. The molecule has 1 N–H and O–H groups in total. The number of nitrogens with one attached hydrogen (secondary N) is 1. The summed E-state index contributed by atoms with van der Waals surface area (Å²) in [6.07, 6.45) is 0.759. The van der Waals surface area contributed by atoms with E-state index in [-0.39, 0.29) is 23.6 Å². The largest absolute Gasteiger partial charge is 0.379 e. The van der Waals surface area contributed by atoms with Crippen LogP contribution in [0.3, 0.4) is 0 Å². The van der Waals surface area contributed by atoms with Gasteiger partial charge in [0.25, 0.3) is 5.91 Å². The molecule has 8 nitrogen and oxygen atoms in total. The number of piperazine rings is 1. The molecule has 2 fully saturated rings. The molecule has 32 heavy (non-hydrogen) atoms. The normalized spacial score (nSPS) is 19.3. The molecular weight excluding hydrogens is 432 g/mol. The minimum Gasteiger partial charge on any atom is -0.379 e. The number of hydrogen-bond donors (Lipinski definition) is 1. The van der Waals surface area contributed by atoms with Gasteiger partial charge in [-0.25, -0.2) is 0 Å². The predicted octanol–water partition coefficient (Wildman–Crippen LogP) is 1.49. The maximum atomic E-state index is 13.3. The molecule has 0 aromatic heterocycles. The first-order chi connectivity index (χ1) is 15.4. The second kappa shape index (κ2) is 11.6. The fraction of sp³-hybridized carbons (Fsp3) is 0.609. The number of amides is 3. The highest BCUT2D eigenvalue weighted by atomic mass is 35.5. The van der Waals surface area contributed by atoms with Crippen LogP contribution in [0.25, 0.3) is 0 Å². The Morgan fingerprint density at radius 1 is 1.00 bits per heavy atom. The first-order valence-corrected chi connectivity index (χ1v) is 11.7. The second-order valence-corrected chi connectivity index (χ2v) is 8.87. The number of ether oxygens (including phenoxy) is 1. The zero-order chi connectivity index (χ0) is 23.1. The standard InChI is InChI=1S/C23H33ClN4O4/c1-3-17(2)21(25-22(30)18-4-6-19(24)7-5-18)23(31)28-10-8-27(9-11-28)20(29)16-26-12-14-32-15-13-26/h4-7,17,21H,3,8-16H2,1-2H3,(H,25,30). The molecular formula is C23H33ClN4O4. The van der Waals surface area contributed by atoms with E-state index < -0.39 is 6.04 Å². The summed E-state index contributed by atoms with van der Waals surface area (Å²) in [7, 11) is 0. The van der Waals surface area contributed by atoms with Crippen LogP contribution < -0.4 is 5.32 Å². The number of hydrogen-bond acceptors (Lipinski definition) is 5.